The first-order chi connectivity index (χ1) is 8.00. The van der Waals surface area contributed by atoms with Crippen LogP contribution in [0.25, 0.3) is 0 Å². The molecule has 0 heterocycles. The Morgan fingerprint density at radius 2 is 1.94 bits per heavy atom. The van der Waals surface area contributed by atoms with E-state index in [4.69, 9.17) is 4.74 Å². The van der Waals surface area contributed by atoms with E-state index in [0.29, 0.717) is 5.56 Å². The van der Waals surface area contributed by atoms with E-state index in [1.165, 1.54) is 0 Å². The zero-order chi connectivity index (χ0) is 12.8. The average Bonchev–Trinajstić information content (AvgIpc) is 2.25. The first-order valence-corrected chi connectivity index (χ1v) is 5.38. The smallest absolute Gasteiger partial charge is 0.320 e. The zero-order valence-electron chi connectivity index (χ0n) is 9.83. The van der Waals surface area contributed by atoms with Gasteiger partial charge in [0.15, 0.2) is 0 Å². The van der Waals surface area contributed by atoms with Gasteiger partial charge in [0.05, 0.1) is 6.10 Å². The van der Waals surface area contributed by atoms with E-state index in [0.717, 1.165) is 0 Å². The van der Waals surface area contributed by atoms with Crippen molar-refractivity contribution in [2.24, 2.45) is 0 Å². The molecule has 17 heavy (non-hydrogen) atoms. The first-order valence-electron chi connectivity index (χ1n) is 5.38. The van der Waals surface area contributed by atoms with Crippen LogP contribution in [0, 0.1) is 10.1 Å². The fourth-order valence-corrected chi connectivity index (χ4v) is 1.46. The van der Waals surface area contributed by atoms with Gasteiger partial charge in [-0.15, -0.1) is 0 Å². The Labute approximate surface area is 99.5 Å². The number of hydrogen-bond donors (Lipinski definition) is 0. The van der Waals surface area contributed by atoms with Crippen molar-refractivity contribution < 1.29 is 14.5 Å². The lowest BCUT2D eigenvalue weighted by molar-refractivity contribution is -0.481. The predicted molar refractivity (Wildman–Crippen MR) is 62.3 cm³/mol. The molecule has 0 saturated carbocycles. The topological polar surface area (TPSA) is 69.4 Å². The third kappa shape index (κ3) is 4.22. The Hall–Kier alpha value is -1.91. The fourth-order valence-electron chi connectivity index (χ4n) is 1.46. The highest BCUT2D eigenvalue weighted by Crippen LogP contribution is 2.18. The third-order valence-electron chi connectivity index (χ3n) is 2.17. The summed E-state index contributed by atoms with van der Waals surface area (Å²) in [4.78, 5) is 21.8. The van der Waals surface area contributed by atoms with Gasteiger partial charge in [0.1, 0.15) is 5.92 Å². The first kappa shape index (κ1) is 13.2. The number of ether oxygens (including phenoxy) is 1. The summed E-state index contributed by atoms with van der Waals surface area (Å²) in [6.45, 7) is 2.98. The zero-order valence-corrected chi connectivity index (χ0v) is 9.83. The molecule has 0 unspecified atom stereocenters. The molecule has 1 atom stereocenters. The molecule has 0 radical (unpaired) electrons. The Balaban J connectivity index is 2.88. The van der Waals surface area contributed by atoms with Crippen molar-refractivity contribution in [2.45, 2.75) is 25.9 Å². The highest BCUT2D eigenvalue weighted by molar-refractivity contribution is 5.78. The van der Waals surface area contributed by atoms with Gasteiger partial charge in [-0.25, -0.2) is 0 Å². The van der Waals surface area contributed by atoms with Crippen molar-refractivity contribution in [1.29, 1.82) is 0 Å². The average molecular weight is 237 g/mol. The fraction of sp³-hybridized carbons (Fsp3) is 0.417. The van der Waals surface area contributed by atoms with E-state index >= 15 is 0 Å². The van der Waals surface area contributed by atoms with Gasteiger partial charge in [0.2, 0.25) is 6.54 Å². The highest BCUT2D eigenvalue weighted by Gasteiger charge is 2.28. The molecule has 1 aromatic carbocycles. The lowest BCUT2D eigenvalue weighted by Gasteiger charge is -2.14. The summed E-state index contributed by atoms with van der Waals surface area (Å²) < 4.78 is 5.02. The predicted octanol–water partition coefficient (Wildman–Crippen LogP) is 2.00. The maximum absolute atomic E-state index is 11.8. The molecule has 92 valence electrons. The third-order valence-corrected chi connectivity index (χ3v) is 2.17. The SMILES string of the molecule is CC(C)OC(=O)[C@H](C[N+](=O)[O-])c1ccccc1. The van der Waals surface area contributed by atoms with Crippen molar-refractivity contribution in [3.8, 4) is 0 Å². The molecule has 0 amide bonds. The van der Waals surface area contributed by atoms with Gasteiger partial charge < -0.3 is 4.74 Å². The normalized spacial score (nSPS) is 12.2. The quantitative estimate of drug-likeness (QED) is 0.446. The van der Waals surface area contributed by atoms with Crippen LogP contribution in [0.3, 0.4) is 0 Å². The Bertz CT molecular complexity index is 389. The van der Waals surface area contributed by atoms with Crippen LogP contribution in [0.2, 0.25) is 0 Å². The van der Waals surface area contributed by atoms with Crippen LogP contribution in [-0.4, -0.2) is 23.5 Å². The van der Waals surface area contributed by atoms with Crippen LogP contribution in [0.15, 0.2) is 30.3 Å². The maximum atomic E-state index is 11.8. The highest BCUT2D eigenvalue weighted by atomic mass is 16.6. The molecule has 0 N–H and O–H groups in total. The summed E-state index contributed by atoms with van der Waals surface area (Å²) in [7, 11) is 0. The van der Waals surface area contributed by atoms with Gasteiger partial charge in [-0.05, 0) is 19.4 Å². The van der Waals surface area contributed by atoms with E-state index in [1.807, 2.05) is 0 Å². The standard InChI is InChI=1S/C12H15NO4/c1-9(2)17-12(14)11(8-13(15)16)10-6-4-3-5-7-10/h3-7,9,11H,8H2,1-2H3/t11-/m1/s1. The minimum Gasteiger partial charge on any atom is -0.462 e. The van der Waals surface area contributed by atoms with E-state index in [-0.39, 0.29) is 6.10 Å². The summed E-state index contributed by atoms with van der Waals surface area (Å²) in [5.41, 5.74) is 0.606. The second-order valence-electron chi connectivity index (χ2n) is 3.96. The van der Waals surface area contributed by atoms with Gasteiger partial charge in [0.25, 0.3) is 0 Å². The van der Waals surface area contributed by atoms with Crippen LogP contribution >= 0.6 is 0 Å². The summed E-state index contributed by atoms with van der Waals surface area (Å²) >= 11 is 0. The van der Waals surface area contributed by atoms with E-state index in [1.54, 1.807) is 44.2 Å². The summed E-state index contributed by atoms with van der Waals surface area (Å²) in [6.07, 6.45) is -0.277. The van der Waals surface area contributed by atoms with Crippen molar-refractivity contribution in [3.05, 3.63) is 46.0 Å². The van der Waals surface area contributed by atoms with Crippen molar-refractivity contribution in [3.63, 3.8) is 0 Å². The minimum atomic E-state index is -0.839. The molecular formula is C12H15NO4. The molecule has 1 aromatic rings. The van der Waals surface area contributed by atoms with Gasteiger partial charge in [-0.3, -0.25) is 14.9 Å². The molecule has 0 aliphatic carbocycles. The van der Waals surface area contributed by atoms with Gasteiger partial charge in [-0.2, -0.15) is 0 Å². The number of rotatable bonds is 5. The molecule has 1 rings (SSSR count). The second-order valence-corrected chi connectivity index (χ2v) is 3.96. The van der Waals surface area contributed by atoms with Crippen LogP contribution in [0.1, 0.15) is 25.3 Å². The molecular weight excluding hydrogens is 222 g/mol. The van der Waals surface area contributed by atoms with E-state index in [2.05, 4.69) is 0 Å². The number of carbonyl (C=O) groups is 1. The van der Waals surface area contributed by atoms with Gasteiger partial charge in [-0.1, -0.05) is 30.3 Å². The lowest BCUT2D eigenvalue weighted by Crippen LogP contribution is -2.25. The summed E-state index contributed by atoms with van der Waals surface area (Å²) in [6, 6.07) is 8.65. The maximum Gasteiger partial charge on any atom is 0.320 e. The summed E-state index contributed by atoms with van der Waals surface area (Å²) in [5.74, 6) is -1.39. The number of nitrogens with zero attached hydrogens (tertiary/aromatic N) is 1. The van der Waals surface area contributed by atoms with Gasteiger partial charge in [0, 0.05) is 4.92 Å². The lowest BCUT2D eigenvalue weighted by atomic mass is 9.99. The number of nitro groups is 1. The Morgan fingerprint density at radius 3 is 2.41 bits per heavy atom. The van der Waals surface area contributed by atoms with Crippen LogP contribution in [-0.2, 0) is 9.53 Å². The van der Waals surface area contributed by atoms with Crippen LogP contribution < -0.4 is 0 Å². The van der Waals surface area contributed by atoms with Gasteiger partial charge >= 0.3 is 5.97 Å². The van der Waals surface area contributed by atoms with Crippen LogP contribution in [0.4, 0.5) is 0 Å². The van der Waals surface area contributed by atoms with Crippen molar-refractivity contribution in [1.82, 2.24) is 0 Å². The molecule has 0 aliphatic heterocycles. The number of esters is 1. The Kier molecular flexibility index (Phi) is 4.63. The van der Waals surface area contributed by atoms with Crippen LogP contribution in [0.5, 0.6) is 0 Å². The van der Waals surface area contributed by atoms with E-state index in [9.17, 15) is 14.9 Å². The molecule has 5 nitrogen and oxygen atoms in total. The Morgan fingerprint density at radius 1 is 1.35 bits per heavy atom. The number of carbonyl (C=O) groups excluding carboxylic acids is 1. The van der Waals surface area contributed by atoms with Crippen molar-refractivity contribution in [2.75, 3.05) is 6.54 Å². The molecule has 5 heteroatoms. The molecule has 0 saturated heterocycles. The minimum absolute atomic E-state index is 0.277. The molecule has 0 spiro atoms. The number of hydrogen-bond acceptors (Lipinski definition) is 4. The number of benzene rings is 1. The molecule has 0 bridgehead atoms. The van der Waals surface area contributed by atoms with E-state index < -0.39 is 23.4 Å². The monoisotopic (exact) mass is 237 g/mol. The second kappa shape index (κ2) is 5.98. The molecule has 0 aromatic heterocycles. The molecule has 0 aliphatic rings. The molecule has 0 fully saturated rings. The van der Waals surface area contributed by atoms with Crippen molar-refractivity contribution >= 4 is 5.97 Å². The summed E-state index contributed by atoms with van der Waals surface area (Å²) in [5, 5.41) is 10.6. The largest absolute Gasteiger partial charge is 0.462 e.